The van der Waals surface area contributed by atoms with Gasteiger partial charge >= 0.3 is 0 Å². The first-order valence-corrected chi connectivity index (χ1v) is 15.4. The summed E-state index contributed by atoms with van der Waals surface area (Å²) in [6.07, 6.45) is -2.21. The van der Waals surface area contributed by atoms with E-state index >= 15 is 0 Å². The number of amides is 1. The Kier molecular flexibility index (Phi) is 7.39. The third-order valence-corrected chi connectivity index (χ3v) is 8.70. The molecule has 13 nitrogen and oxygen atoms in total. The molecular formula is C27H31FN6O7S. The molecular weight excluding hydrogens is 571 g/mol. The van der Waals surface area contributed by atoms with Crippen LogP contribution in [0.4, 0.5) is 15.8 Å². The molecule has 0 unspecified atom stereocenters. The number of anilines is 2. The highest BCUT2D eigenvalue weighted by atomic mass is 32.2. The Balaban J connectivity index is 1.17. The van der Waals surface area contributed by atoms with E-state index in [0.29, 0.717) is 36.5 Å². The van der Waals surface area contributed by atoms with Crippen molar-refractivity contribution in [3.63, 3.8) is 0 Å². The maximum atomic E-state index is 13.7. The minimum atomic E-state index is -3.39. The normalized spacial score (nSPS) is 29.2. The van der Waals surface area contributed by atoms with E-state index in [4.69, 9.17) is 4.74 Å². The quantitative estimate of drug-likeness (QED) is 0.288. The Hall–Kier alpha value is -3.63. The third kappa shape index (κ3) is 5.33. The largest absolute Gasteiger partial charge is 0.394 e. The molecule has 3 aromatic rings. The molecule has 2 bridgehead atoms. The summed E-state index contributed by atoms with van der Waals surface area (Å²) in [6.45, 7) is 0.320. The molecule has 3 fully saturated rings. The van der Waals surface area contributed by atoms with Crippen molar-refractivity contribution in [1.82, 2.24) is 19.9 Å². The zero-order valence-electron chi connectivity index (χ0n) is 22.6. The average Bonchev–Trinajstić information content (AvgIpc) is 3.69. The molecule has 4 heterocycles. The first-order valence-electron chi connectivity index (χ1n) is 13.5. The number of sulfonamides is 1. The van der Waals surface area contributed by atoms with Crippen molar-refractivity contribution >= 4 is 27.3 Å². The molecule has 3 aliphatic rings. The molecule has 3 saturated heterocycles. The molecule has 6 rings (SSSR count). The predicted octanol–water partition coefficient (Wildman–Crippen LogP) is -0.0320. The van der Waals surface area contributed by atoms with Gasteiger partial charge in [0.2, 0.25) is 10.0 Å². The van der Waals surface area contributed by atoms with Gasteiger partial charge in [-0.1, -0.05) is 17.3 Å². The molecule has 7 atom stereocenters. The number of aromatic nitrogens is 3. The molecule has 1 aromatic heterocycles. The van der Waals surface area contributed by atoms with Gasteiger partial charge in [0.25, 0.3) is 5.91 Å². The number of piperazine rings is 1. The van der Waals surface area contributed by atoms with Crippen molar-refractivity contribution in [2.24, 2.45) is 0 Å². The van der Waals surface area contributed by atoms with Crippen LogP contribution in [0.1, 0.15) is 12.5 Å². The van der Waals surface area contributed by atoms with Gasteiger partial charge < -0.3 is 29.9 Å². The summed E-state index contributed by atoms with van der Waals surface area (Å²) in [5, 5.41) is 40.2. The first-order chi connectivity index (χ1) is 20.0. The van der Waals surface area contributed by atoms with E-state index in [1.54, 1.807) is 23.1 Å². The van der Waals surface area contributed by atoms with Crippen LogP contribution < -0.4 is 9.62 Å². The van der Waals surface area contributed by atoms with Gasteiger partial charge in [0.1, 0.15) is 35.9 Å². The lowest BCUT2D eigenvalue weighted by Crippen LogP contribution is -2.62. The average molecular weight is 603 g/mol. The van der Waals surface area contributed by atoms with Crippen LogP contribution in [0.3, 0.4) is 0 Å². The zero-order chi connectivity index (χ0) is 29.8. The molecule has 0 radical (unpaired) electrons. The number of fused-ring (bicyclic) bond motifs is 2. The molecule has 0 aliphatic carbocycles. The van der Waals surface area contributed by atoms with E-state index in [9.17, 15) is 32.9 Å². The molecule has 1 amide bonds. The van der Waals surface area contributed by atoms with E-state index in [1.165, 1.54) is 29.1 Å². The Morgan fingerprint density at radius 1 is 1.12 bits per heavy atom. The number of hydrogen-bond acceptors (Lipinski definition) is 10. The first kappa shape index (κ1) is 28.5. The van der Waals surface area contributed by atoms with Gasteiger partial charge in [0.15, 0.2) is 6.10 Å². The van der Waals surface area contributed by atoms with Crippen LogP contribution in [0.2, 0.25) is 0 Å². The SMILES string of the molecule is CS(=O)(=O)Nc1ccc(N2C[C@@H]3C[C@H]2CN3C(=O)[C@@H]2O[C@H](CO)[C@H](O)[C@H](n3cc(-c4cccc(F)c4)nn3)[C@H]2O)cc1. The van der Waals surface area contributed by atoms with Crippen molar-refractivity contribution in [1.29, 1.82) is 0 Å². The lowest BCUT2D eigenvalue weighted by molar-refractivity contribution is -0.212. The summed E-state index contributed by atoms with van der Waals surface area (Å²) in [5.74, 6) is -0.915. The van der Waals surface area contributed by atoms with E-state index in [-0.39, 0.29) is 12.1 Å². The van der Waals surface area contributed by atoms with Crippen LogP contribution >= 0.6 is 0 Å². The zero-order valence-corrected chi connectivity index (χ0v) is 23.4. The number of ether oxygens (including phenoxy) is 1. The van der Waals surface area contributed by atoms with Crippen molar-refractivity contribution in [2.45, 2.75) is 49.0 Å². The second kappa shape index (κ2) is 10.9. The summed E-state index contributed by atoms with van der Waals surface area (Å²) in [5.41, 5.74) is 2.10. The maximum absolute atomic E-state index is 13.7. The third-order valence-electron chi connectivity index (χ3n) is 8.10. The van der Waals surface area contributed by atoms with Crippen molar-refractivity contribution < 1.29 is 37.7 Å². The molecule has 4 N–H and O–H groups in total. The molecule has 0 saturated carbocycles. The summed E-state index contributed by atoms with van der Waals surface area (Å²) in [6, 6.07) is 11.4. The minimum absolute atomic E-state index is 0.00701. The van der Waals surface area contributed by atoms with E-state index in [1.807, 2.05) is 12.1 Å². The van der Waals surface area contributed by atoms with Crippen molar-refractivity contribution in [2.75, 3.05) is 35.6 Å². The number of hydrogen-bond donors (Lipinski definition) is 4. The molecule has 42 heavy (non-hydrogen) atoms. The van der Waals surface area contributed by atoms with E-state index in [2.05, 4.69) is 19.9 Å². The standard InChI is InChI=1S/C27H31FN6O7S/c1-42(39,40)30-17-5-7-18(8-6-17)32-11-20-10-19(32)12-33(20)27(38)26-25(37)23(24(36)22(14-35)41-26)34-13-21(29-31-34)15-3-2-4-16(28)9-15/h2-9,13,19-20,22-26,30,35-37H,10-12,14H2,1H3/t19-,20-,22+,23-,24-,25+,26+/m0/s1. The van der Waals surface area contributed by atoms with Crippen molar-refractivity contribution in [3.05, 3.63) is 60.5 Å². The van der Waals surface area contributed by atoms with E-state index < -0.39 is 58.8 Å². The van der Waals surface area contributed by atoms with Gasteiger partial charge in [-0.05, 0) is 42.8 Å². The van der Waals surface area contributed by atoms with Crippen LogP contribution in [0.5, 0.6) is 0 Å². The number of aliphatic hydroxyl groups excluding tert-OH is 3. The fourth-order valence-corrected chi connectivity index (χ4v) is 6.74. The molecule has 0 spiro atoms. The number of benzene rings is 2. The van der Waals surface area contributed by atoms with Crippen molar-refractivity contribution in [3.8, 4) is 11.3 Å². The topological polar surface area (TPSA) is 170 Å². The van der Waals surface area contributed by atoms with Gasteiger partial charge in [-0.25, -0.2) is 17.5 Å². The lowest BCUT2D eigenvalue weighted by Gasteiger charge is -2.44. The number of rotatable bonds is 7. The van der Waals surface area contributed by atoms with Gasteiger partial charge in [-0.15, -0.1) is 5.10 Å². The van der Waals surface area contributed by atoms with Gasteiger partial charge in [-0.3, -0.25) is 9.52 Å². The number of halogens is 1. The number of carbonyl (C=O) groups excluding carboxylic acids is 1. The fourth-order valence-electron chi connectivity index (χ4n) is 6.17. The molecule has 2 aromatic carbocycles. The Bertz CT molecular complexity index is 1570. The number of carbonyl (C=O) groups is 1. The Morgan fingerprint density at radius 3 is 2.52 bits per heavy atom. The second-order valence-corrected chi connectivity index (χ2v) is 12.7. The van der Waals surface area contributed by atoms with Crippen LogP contribution in [-0.4, -0.2) is 112 Å². The fraction of sp³-hybridized carbons (Fsp3) is 0.444. The second-order valence-electron chi connectivity index (χ2n) is 11.0. The lowest BCUT2D eigenvalue weighted by atomic mass is 9.91. The Labute approximate surface area is 241 Å². The highest BCUT2D eigenvalue weighted by Crippen LogP contribution is 2.38. The minimum Gasteiger partial charge on any atom is -0.394 e. The molecule has 15 heteroatoms. The summed E-state index contributed by atoms with van der Waals surface area (Å²) >= 11 is 0. The molecule has 224 valence electrons. The summed E-state index contributed by atoms with van der Waals surface area (Å²) in [7, 11) is -3.39. The monoisotopic (exact) mass is 602 g/mol. The number of likely N-dealkylation sites (tertiary alicyclic amines) is 1. The number of nitrogens with one attached hydrogen (secondary N) is 1. The van der Waals surface area contributed by atoms with Gasteiger partial charge in [-0.2, -0.15) is 0 Å². The molecule has 3 aliphatic heterocycles. The van der Waals surface area contributed by atoms with Crippen LogP contribution in [-0.2, 0) is 19.6 Å². The predicted molar refractivity (Wildman–Crippen MR) is 148 cm³/mol. The van der Waals surface area contributed by atoms with E-state index in [0.717, 1.165) is 11.9 Å². The van der Waals surface area contributed by atoms with Crippen LogP contribution in [0, 0.1) is 5.82 Å². The number of nitrogens with zero attached hydrogens (tertiary/aromatic N) is 5. The summed E-state index contributed by atoms with van der Waals surface area (Å²) in [4.78, 5) is 17.6. The maximum Gasteiger partial charge on any atom is 0.254 e. The van der Waals surface area contributed by atoms with Gasteiger partial charge in [0, 0.05) is 36.1 Å². The Morgan fingerprint density at radius 2 is 1.88 bits per heavy atom. The highest BCUT2D eigenvalue weighted by Gasteiger charge is 2.53. The summed E-state index contributed by atoms with van der Waals surface area (Å²) < 4.78 is 46.1. The number of aliphatic hydroxyl groups is 3. The van der Waals surface area contributed by atoms with Gasteiger partial charge in [0.05, 0.1) is 25.1 Å². The highest BCUT2D eigenvalue weighted by molar-refractivity contribution is 7.92. The van der Waals surface area contributed by atoms with Crippen LogP contribution in [0.15, 0.2) is 54.7 Å². The smallest absolute Gasteiger partial charge is 0.254 e. The van der Waals surface area contributed by atoms with Crippen LogP contribution in [0.25, 0.3) is 11.3 Å².